The van der Waals surface area contributed by atoms with Gasteiger partial charge in [0.2, 0.25) is 0 Å². The number of halogens is 2. The summed E-state index contributed by atoms with van der Waals surface area (Å²) < 4.78 is 26.7. The van der Waals surface area contributed by atoms with Gasteiger partial charge in [0.1, 0.15) is 29.1 Å². The van der Waals surface area contributed by atoms with Gasteiger partial charge in [-0.05, 0) is 38.3 Å². The van der Waals surface area contributed by atoms with E-state index in [4.69, 9.17) is 0 Å². The van der Waals surface area contributed by atoms with Gasteiger partial charge in [0, 0.05) is 25.2 Å². The number of piperidine rings is 1. The second-order valence-electron chi connectivity index (χ2n) is 5.46. The lowest BCUT2D eigenvalue weighted by molar-refractivity contribution is 0.572. The van der Waals surface area contributed by atoms with Crippen LogP contribution in [0, 0.1) is 18.6 Å². The van der Waals surface area contributed by atoms with Crippen molar-refractivity contribution in [2.24, 2.45) is 0 Å². The first-order chi connectivity index (χ1) is 10.6. The molecule has 2 heterocycles. The Balaban J connectivity index is 1.85. The Hall–Kier alpha value is -2.24. The number of nitrogens with zero attached hydrogens (tertiary/aromatic N) is 3. The van der Waals surface area contributed by atoms with Crippen LogP contribution in [0.1, 0.15) is 25.1 Å². The largest absolute Gasteiger partial charge is 0.356 e. The van der Waals surface area contributed by atoms with Crippen LogP contribution in [-0.2, 0) is 0 Å². The highest BCUT2D eigenvalue weighted by Gasteiger charge is 2.14. The predicted molar refractivity (Wildman–Crippen MR) is 82.5 cm³/mol. The molecule has 4 nitrogen and oxygen atoms in total. The summed E-state index contributed by atoms with van der Waals surface area (Å²) >= 11 is 0. The van der Waals surface area contributed by atoms with E-state index in [-0.39, 0.29) is 5.69 Å². The van der Waals surface area contributed by atoms with Gasteiger partial charge in [-0.15, -0.1) is 0 Å². The standard InChI is InChI=1S/C16H18F2N4/c1-11-19-15(21-14-6-5-12(17)9-13(14)18)10-16(20-11)22-7-3-2-4-8-22/h5-6,9-10H,2-4,7-8H2,1H3,(H,19,20,21). The Morgan fingerprint density at radius 3 is 2.55 bits per heavy atom. The van der Waals surface area contributed by atoms with Gasteiger partial charge in [0.25, 0.3) is 0 Å². The molecule has 1 aromatic carbocycles. The summed E-state index contributed by atoms with van der Waals surface area (Å²) in [5.41, 5.74) is 0.198. The predicted octanol–water partition coefficient (Wildman–Crippen LogP) is 3.80. The molecule has 1 N–H and O–H groups in total. The van der Waals surface area contributed by atoms with Crippen LogP contribution in [0.4, 0.5) is 26.1 Å². The van der Waals surface area contributed by atoms with Gasteiger partial charge in [-0.1, -0.05) is 0 Å². The van der Waals surface area contributed by atoms with Crippen molar-refractivity contribution in [3.05, 3.63) is 41.7 Å². The Bertz CT molecular complexity index is 669. The van der Waals surface area contributed by atoms with E-state index in [0.29, 0.717) is 11.6 Å². The Labute approximate surface area is 128 Å². The molecule has 0 saturated carbocycles. The first-order valence-electron chi connectivity index (χ1n) is 7.44. The van der Waals surface area contributed by atoms with Crippen LogP contribution in [-0.4, -0.2) is 23.1 Å². The number of hydrogen-bond donors (Lipinski definition) is 1. The quantitative estimate of drug-likeness (QED) is 0.936. The lowest BCUT2D eigenvalue weighted by Crippen LogP contribution is -2.30. The zero-order valence-electron chi connectivity index (χ0n) is 12.4. The number of aromatic nitrogens is 2. The van der Waals surface area contributed by atoms with Crippen molar-refractivity contribution in [3.8, 4) is 0 Å². The highest BCUT2D eigenvalue weighted by Crippen LogP contribution is 2.24. The summed E-state index contributed by atoms with van der Waals surface area (Å²) in [6, 6.07) is 5.23. The number of benzene rings is 1. The van der Waals surface area contributed by atoms with Crippen LogP contribution in [0.2, 0.25) is 0 Å². The average molecular weight is 304 g/mol. The molecule has 0 amide bonds. The number of nitrogens with one attached hydrogen (secondary N) is 1. The van der Waals surface area contributed by atoms with Crippen LogP contribution >= 0.6 is 0 Å². The molecule has 1 aromatic heterocycles. The molecule has 1 saturated heterocycles. The molecule has 0 aliphatic carbocycles. The van der Waals surface area contributed by atoms with Crippen molar-refractivity contribution in [1.82, 2.24) is 9.97 Å². The van der Waals surface area contributed by atoms with E-state index in [2.05, 4.69) is 20.2 Å². The van der Waals surface area contributed by atoms with Gasteiger partial charge in [0.05, 0.1) is 5.69 Å². The molecule has 1 aliphatic heterocycles. The van der Waals surface area contributed by atoms with Crippen LogP contribution in [0.15, 0.2) is 24.3 Å². The summed E-state index contributed by atoms with van der Waals surface area (Å²) in [4.78, 5) is 10.9. The highest BCUT2D eigenvalue weighted by atomic mass is 19.1. The van der Waals surface area contributed by atoms with Crippen molar-refractivity contribution in [2.75, 3.05) is 23.3 Å². The molecule has 6 heteroatoms. The number of aryl methyl sites for hydroxylation is 1. The number of anilines is 3. The summed E-state index contributed by atoms with van der Waals surface area (Å²) in [7, 11) is 0. The zero-order chi connectivity index (χ0) is 15.5. The summed E-state index contributed by atoms with van der Waals surface area (Å²) in [6.07, 6.45) is 3.54. The average Bonchev–Trinajstić information content (AvgIpc) is 2.50. The first kappa shape index (κ1) is 14.7. The molecule has 0 radical (unpaired) electrons. The van der Waals surface area contributed by atoms with E-state index in [1.54, 1.807) is 13.0 Å². The van der Waals surface area contributed by atoms with Crippen LogP contribution < -0.4 is 10.2 Å². The lowest BCUT2D eigenvalue weighted by atomic mass is 10.1. The monoisotopic (exact) mass is 304 g/mol. The molecular weight excluding hydrogens is 286 g/mol. The minimum absolute atomic E-state index is 0.198. The van der Waals surface area contributed by atoms with Crippen molar-refractivity contribution in [1.29, 1.82) is 0 Å². The van der Waals surface area contributed by atoms with Gasteiger partial charge in [0.15, 0.2) is 0 Å². The molecule has 1 fully saturated rings. The Morgan fingerprint density at radius 1 is 1.05 bits per heavy atom. The fourth-order valence-corrected chi connectivity index (χ4v) is 2.63. The first-order valence-corrected chi connectivity index (χ1v) is 7.44. The molecular formula is C16H18F2N4. The lowest BCUT2D eigenvalue weighted by Gasteiger charge is -2.28. The topological polar surface area (TPSA) is 41.1 Å². The normalized spacial score (nSPS) is 15.0. The molecule has 0 atom stereocenters. The van der Waals surface area contributed by atoms with Crippen LogP contribution in [0.25, 0.3) is 0 Å². The third-order valence-electron chi connectivity index (χ3n) is 3.70. The molecule has 0 unspecified atom stereocenters. The zero-order valence-corrected chi connectivity index (χ0v) is 12.4. The van der Waals surface area contributed by atoms with Crippen molar-refractivity contribution in [3.63, 3.8) is 0 Å². The fraction of sp³-hybridized carbons (Fsp3) is 0.375. The Morgan fingerprint density at radius 2 is 1.82 bits per heavy atom. The van der Waals surface area contributed by atoms with E-state index in [0.717, 1.165) is 37.8 Å². The minimum atomic E-state index is -0.643. The minimum Gasteiger partial charge on any atom is -0.356 e. The molecule has 22 heavy (non-hydrogen) atoms. The van der Waals surface area contributed by atoms with E-state index < -0.39 is 11.6 Å². The van der Waals surface area contributed by atoms with E-state index in [1.807, 2.05) is 0 Å². The number of hydrogen-bond acceptors (Lipinski definition) is 4. The number of rotatable bonds is 3. The summed E-state index contributed by atoms with van der Waals surface area (Å²) in [5.74, 6) is 0.732. The van der Waals surface area contributed by atoms with Gasteiger partial charge in [-0.3, -0.25) is 0 Å². The van der Waals surface area contributed by atoms with E-state index in [9.17, 15) is 8.78 Å². The molecule has 116 valence electrons. The maximum atomic E-state index is 13.7. The van der Waals surface area contributed by atoms with Gasteiger partial charge < -0.3 is 10.2 Å². The smallest absolute Gasteiger partial charge is 0.149 e. The molecule has 3 rings (SSSR count). The van der Waals surface area contributed by atoms with Crippen LogP contribution in [0.5, 0.6) is 0 Å². The maximum Gasteiger partial charge on any atom is 0.149 e. The molecule has 2 aromatic rings. The van der Waals surface area contributed by atoms with Gasteiger partial charge in [-0.25, -0.2) is 18.7 Å². The second-order valence-corrected chi connectivity index (χ2v) is 5.46. The fourth-order valence-electron chi connectivity index (χ4n) is 2.63. The second kappa shape index (κ2) is 6.25. The van der Waals surface area contributed by atoms with Gasteiger partial charge >= 0.3 is 0 Å². The molecule has 0 spiro atoms. The van der Waals surface area contributed by atoms with Gasteiger partial charge in [-0.2, -0.15) is 0 Å². The third-order valence-corrected chi connectivity index (χ3v) is 3.70. The van der Waals surface area contributed by atoms with Crippen LogP contribution in [0.3, 0.4) is 0 Å². The SMILES string of the molecule is Cc1nc(Nc2ccc(F)cc2F)cc(N2CCCCC2)n1. The van der Waals surface area contributed by atoms with Crippen molar-refractivity contribution in [2.45, 2.75) is 26.2 Å². The molecule has 0 bridgehead atoms. The van der Waals surface area contributed by atoms with Crippen molar-refractivity contribution < 1.29 is 8.78 Å². The van der Waals surface area contributed by atoms with E-state index >= 15 is 0 Å². The summed E-state index contributed by atoms with van der Waals surface area (Å²) in [5, 5.41) is 2.90. The highest BCUT2D eigenvalue weighted by molar-refractivity contribution is 5.60. The Kier molecular flexibility index (Phi) is 4.18. The third kappa shape index (κ3) is 3.32. The van der Waals surface area contributed by atoms with Crippen molar-refractivity contribution >= 4 is 17.3 Å². The molecule has 1 aliphatic rings. The summed E-state index contributed by atoms with van der Waals surface area (Å²) in [6.45, 7) is 3.75. The van der Waals surface area contributed by atoms with E-state index in [1.165, 1.54) is 18.6 Å². The maximum absolute atomic E-state index is 13.7.